The number of aromatic nitrogens is 2. The SMILES string of the molecule is Cc1ccc2nccc(NCc3ccc(N4CCN(C)CC4)nc3)c2c1. The van der Waals surface area contributed by atoms with Gasteiger partial charge in [0.25, 0.3) is 0 Å². The monoisotopic (exact) mass is 347 g/mol. The summed E-state index contributed by atoms with van der Waals surface area (Å²) in [6, 6.07) is 12.7. The van der Waals surface area contributed by atoms with Gasteiger partial charge in [-0.2, -0.15) is 0 Å². The van der Waals surface area contributed by atoms with Crippen molar-refractivity contribution in [1.82, 2.24) is 14.9 Å². The number of pyridine rings is 2. The molecule has 0 radical (unpaired) electrons. The van der Waals surface area contributed by atoms with Crippen molar-refractivity contribution >= 4 is 22.4 Å². The molecule has 1 saturated heterocycles. The van der Waals surface area contributed by atoms with Gasteiger partial charge in [0.2, 0.25) is 0 Å². The molecule has 3 aromatic rings. The van der Waals surface area contributed by atoms with E-state index in [0.29, 0.717) is 0 Å². The normalized spacial score (nSPS) is 15.4. The molecule has 0 atom stereocenters. The van der Waals surface area contributed by atoms with E-state index in [-0.39, 0.29) is 0 Å². The number of fused-ring (bicyclic) bond motifs is 1. The lowest BCUT2D eigenvalue weighted by Gasteiger charge is -2.33. The third kappa shape index (κ3) is 3.63. The molecule has 2 aromatic heterocycles. The molecule has 4 rings (SSSR count). The van der Waals surface area contributed by atoms with Gasteiger partial charge in [0, 0.05) is 56.2 Å². The van der Waals surface area contributed by atoms with Crippen molar-refractivity contribution in [3.8, 4) is 0 Å². The number of nitrogens with zero attached hydrogens (tertiary/aromatic N) is 4. The standard InChI is InChI=1S/C21H25N5/c1-16-3-5-19-18(13-16)20(7-8-22-19)23-14-17-4-6-21(24-15-17)26-11-9-25(2)10-12-26/h3-8,13,15H,9-12,14H2,1-2H3,(H,22,23). The number of rotatable bonds is 4. The van der Waals surface area contributed by atoms with Crippen LogP contribution in [0.2, 0.25) is 0 Å². The van der Waals surface area contributed by atoms with Crippen molar-refractivity contribution in [3.63, 3.8) is 0 Å². The molecule has 5 heteroatoms. The molecule has 1 aliphatic rings. The minimum Gasteiger partial charge on any atom is -0.380 e. The highest BCUT2D eigenvalue weighted by Gasteiger charge is 2.14. The fraction of sp³-hybridized carbons (Fsp3) is 0.333. The van der Waals surface area contributed by atoms with Crippen LogP contribution in [0.5, 0.6) is 0 Å². The van der Waals surface area contributed by atoms with Crippen LogP contribution in [0.15, 0.2) is 48.8 Å². The van der Waals surface area contributed by atoms with Crippen molar-refractivity contribution in [2.45, 2.75) is 13.5 Å². The summed E-state index contributed by atoms with van der Waals surface area (Å²) in [5.74, 6) is 1.08. The number of likely N-dealkylation sites (N-methyl/N-ethyl adjacent to an activating group) is 1. The van der Waals surface area contributed by atoms with Gasteiger partial charge in [-0.3, -0.25) is 4.98 Å². The Morgan fingerprint density at radius 3 is 2.62 bits per heavy atom. The second kappa shape index (κ2) is 7.30. The molecule has 0 bridgehead atoms. The predicted molar refractivity (Wildman–Crippen MR) is 108 cm³/mol. The number of anilines is 2. The molecule has 0 aliphatic carbocycles. The molecule has 1 fully saturated rings. The molecule has 3 heterocycles. The molecular formula is C21H25N5. The maximum atomic E-state index is 4.67. The second-order valence-corrected chi connectivity index (χ2v) is 7.05. The third-order valence-corrected chi connectivity index (χ3v) is 5.02. The van der Waals surface area contributed by atoms with E-state index in [0.717, 1.165) is 55.1 Å². The first-order valence-electron chi connectivity index (χ1n) is 9.17. The summed E-state index contributed by atoms with van der Waals surface area (Å²) in [4.78, 5) is 13.8. The zero-order valence-electron chi connectivity index (χ0n) is 15.4. The lowest BCUT2D eigenvalue weighted by molar-refractivity contribution is 0.312. The lowest BCUT2D eigenvalue weighted by Crippen LogP contribution is -2.44. The van der Waals surface area contributed by atoms with E-state index in [1.165, 1.54) is 11.1 Å². The number of hydrogen-bond donors (Lipinski definition) is 1. The smallest absolute Gasteiger partial charge is 0.128 e. The summed E-state index contributed by atoms with van der Waals surface area (Å²) in [6.45, 7) is 7.15. The third-order valence-electron chi connectivity index (χ3n) is 5.02. The Morgan fingerprint density at radius 1 is 1.00 bits per heavy atom. The van der Waals surface area contributed by atoms with Gasteiger partial charge < -0.3 is 15.1 Å². The highest BCUT2D eigenvalue weighted by atomic mass is 15.3. The van der Waals surface area contributed by atoms with E-state index < -0.39 is 0 Å². The van der Waals surface area contributed by atoms with Crippen LogP contribution in [0.4, 0.5) is 11.5 Å². The van der Waals surface area contributed by atoms with Crippen LogP contribution < -0.4 is 10.2 Å². The Morgan fingerprint density at radius 2 is 1.85 bits per heavy atom. The molecule has 26 heavy (non-hydrogen) atoms. The highest BCUT2D eigenvalue weighted by Crippen LogP contribution is 2.23. The van der Waals surface area contributed by atoms with E-state index in [1.807, 2.05) is 18.5 Å². The summed E-state index contributed by atoms with van der Waals surface area (Å²) in [5, 5.41) is 4.70. The molecule has 0 unspecified atom stereocenters. The Labute approximate surface area is 154 Å². The van der Waals surface area contributed by atoms with E-state index in [1.54, 1.807) is 0 Å². The Kier molecular flexibility index (Phi) is 4.71. The van der Waals surface area contributed by atoms with Gasteiger partial charge in [-0.25, -0.2) is 4.98 Å². The van der Waals surface area contributed by atoms with Crippen molar-refractivity contribution in [3.05, 3.63) is 59.9 Å². The molecule has 5 nitrogen and oxygen atoms in total. The number of aryl methyl sites for hydroxylation is 1. The number of nitrogens with one attached hydrogen (secondary N) is 1. The molecular weight excluding hydrogens is 322 g/mol. The number of hydrogen-bond acceptors (Lipinski definition) is 5. The minimum absolute atomic E-state index is 0.753. The molecule has 1 N–H and O–H groups in total. The van der Waals surface area contributed by atoms with Gasteiger partial charge in [0.05, 0.1) is 5.52 Å². The van der Waals surface area contributed by atoms with Crippen molar-refractivity contribution in [1.29, 1.82) is 0 Å². The van der Waals surface area contributed by atoms with E-state index in [2.05, 4.69) is 69.4 Å². The van der Waals surface area contributed by atoms with Crippen LogP contribution in [0.3, 0.4) is 0 Å². The van der Waals surface area contributed by atoms with Crippen LogP contribution in [0, 0.1) is 6.92 Å². The zero-order valence-corrected chi connectivity index (χ0v) is 15.4. The zero-order chi connectivity index (χ0) is 17.9. The minimum atomic E-state index is 0.753. The average Bonchev–Trinajstić information content (AvgIpc) is 2.67. The Balaban J connectivity index is 1.44. The molecule has 0 spiro atoms. The van der Waals surface area contributed by atoms with E-state index in [9.17, 15) is 0 Å². The van der Waals surface area contributed by atoms with Crippen LogP contribution in [-0.2, 0) is 6.54 Å². The molecule has 134 valence electrons. The van der Waals surface area contributed by atoms with Crippen molar-refractivity contribution in [2.75, 3.05) is 43.4 Å². The lowest BCUT2D eigenvalue weighted by atomic mass is 10.1. The van der Waals surface area contributed by atoms with Gasteiger partial charge in [-0.05, 0) is 43.8 Å². The summed E-state index contributed by atoms with van der Waals surface area (Å²) in [6.07, 6.45) is 3.84. The van der Waals surface area contributed by atoms with Crippen molar-refractivity contribution < 1.29 is 0 Å². The molecule has 0 saturated carbocycles. The summed E-state index contributed by atoms with van der Waals surface area (Å²) >= 11 is 0. The first kappa shape index (κ1) is 16.8. The average molecular weight is 347 g/mol. The van der Waals surface area contributed by atoms with Gasteiger partial charge >= 0.3 is 0 Å². The maximum Gasteiger partial charge on any atom is 0.128 e. The van der Waals surface area contributed by atoms with Crippen LogP contribution in [-0.4, -0.2) is 48.1 Å². The highest BCUT2D eigenvalue weighted by molar-refractivity contribution is 5.91. The van der Waals surface area contributed by atoms with Crippen LogP contribution >= 0.6 is 0 Å². The first-order chi connectivity index (χ1) is 12.7. The van der Waals surface area contributed by atoms with Gasteiger partial charge in [0.1, 0.15) is 5.82 Å². The quantitative estimate of drug-likeness (QED) is 0.784. The first-order valence-corrected chi connectivity index (χ1v) is 9.17. The van der Waals surface area contributed by atoms with Gasteiger partial charge in [0.15, 0.2) is 0 Å². The fourth-order valence-corrected chi connectivity index (χ4v) is 3.36. The van der Waals surface area contributed by atoms with E-state index in [4.69, 9.17) is 0 Å². The predicted octanol–water partition coefficient (Wildman–Crippen LogP) is 3.30. The topological polar surface area (TPSA) is 44.3 Å². The van der Waals surface area contributed by atoms with E-state index >= 15 is 0 Å². The fourth-order valence-electron chi connectivity index (χ4n) is 3.36. The van der Waals surface area contributed by atoms with Crippen LogP contribution in [0.25, 0.3) is 10.9 Å². The summed E-state index contributed by atoms with van der Waals surface area (Å²) in [5.41, 5.74) is 4.55. The van der Waals surface area contributed by atoms with Crippen molar-refractivity contribution in [2.24, 2.45) is 0 Å². The molecule has 1 aliphatic heterocycles. The number of piperazine rings is 1. The summed E-state index contributed by atoms with van der Waals surface area (Å²) < 4.78 is 0. The molecule has 0 amide bonds. The largest absolute Gasteiger partial charge is 0.380 e. The Hall–Kier alpha value is -2.66. The maximum absolute atomic E-state index is 4.67. The van der Waals surface area contributed by atoms with Gasteiger partial charge in [-0.1, -0.05) is 17.7 Å². The Bertz CT molecular complexity index is 883. The number of benzene rings is 1. The molecule has 1 aromatic carbocycles. The van der Waals surface area contributed by atoms with Crippen LogP contribution in [0.1, 0.15) is 11.1 Å². The summed E-state index contributed by atoms with van der Waals surface area (Å²) in [7, 11) is 2.17. The van der Waals surface area contributed by atoms with Gasteiger partial charge in [-0.15, -0.1) is 0 Å². The second-order valence-electron chi connectivity index (χ2n) is 7.05.